The van der Waals surface area contributed by atoms with E-state index >= 15 is 0 Å². The summed E-state index contributed by atoms with van der Waals surface area (Å²) in [5.74, 6) is 1.40. The van der Waals surface area contributed by atoms with Gasteiger partial charge in [0.15, 0.2) is 11.7 Å². The molecular weight excluding hydrogens is 421 g/mol. The number of rotatable bonds is 6. The van der Waals surface area contributed by atoms with E-state index in [0.29, 0.717) is 11.6 Å². The van der Waals surface area contributed by atoms with E-state index in [4.69, 9.17) is 5.73 Å². The number of hydrogen-bond acceptors (Lipinski definition) is 4. The molecule has 0 amide bonds. The Morgan fingerprint density at radius 1 is 1.10 bits per heavy atom. The first-order valence-corrected chi connectivity index (χ1v) is 10.9. The van der Waals surface area contributed by atoms with E-state index in [9.17, 15) is 13.2 Å². The third kappa shape index (κ3) is 5.07. The van der Waals surface area contributed by atoms with Crippen LogP contribution in [-0.2, 0) is 6.18 Å². The van der Waals surface area contributed by atoms with Gasteiger partial charge in [-0.2, -0.15) is 13.2 Å². The summed E-state index contributed by atoms with van der Waals surface area (Å²) < 4.78 is 38.8. The van der Waals surface area contributed by atoms with E-state index in [0.717, 1.165) is 40.1 Å². The van der Waals surface area contributed by atoms with Gasteiger partial charge >= 0.3 is 6.18 Å². The number of hydrogen-bond donors (Lipinski definition) is 1. The SMILES string of the molecule is CCSc1cc(-c2ccc(C3CC3)cc2)cnc1C(N)=Nc1cc(C(F)(F)F)ccn1. The summed E-state index contributed by atoms with van der Waals surface area (Å²) >= 11 is 1.55. The minimum atomic E-state index is -4.47. The highest BCUT2D eigenvalue weighted by Gasteiger charge is 2.30. The van der Waals surface area contributed by atoms with Crippen LogP contribution in [0.25, 0.3) is 11.1 Å². The minimum Gasteiger partial charge on any atom is -0.382 e. The lowest BCUT2D eigenvalue weighted by Crippen LogP contribution is -2.16. The third-order valence-electron chi connectivity index (χ3n) is 5.00. The number of nitrogens with two attached hydrogens (primary N) is 1. The van der Waals surface area contributed by atoms with Crippen LogP contribution in [0.1, 0.15) is 42.5 Å². The molecule has 8 heteroatoms. The zero-order valence-corrected chi connectivity index (χ0v) is 17.7. The highest BCUT2D eigenvalue weighted by Crippen LogP contribution is 2.40. The molecule has 2 N–H and O–H groups in total. The van der Waals surface area contributed by atoms with Crippen LogP contribution in [0.2, 0.25) is 0 Å². The molecule has 1 aliphatic carbocycles. The molecule has 0 bridgehead atoms. The van der Waals surface area contributed by atoms with Crippen molar-refractivity contribution in [2.45, 2.75) is 36.8 Å². The van der Waals surface area contributed by atoms with Gasteiger partial charge in [0.1, 0.15) is 5.69 Å². The van der Waals surface area contributed by atoms with Crippen LogP contribution in [0.15, 0.2) is 64.7 Å². The van der Waals surface area contributed by atoms with Crippen molar-refractivity contribution in [3.8, 4) is 11.1 Å². The molecule has 2 heterocycles. The number of halogens is 3. The Morgan fingerprint density at radius 3 is 2.48 bits per heavy atom. The van der Waals surface area contributed by atoms with E-state index in [1.165, 1.54) is 18.4 Å². The van der Waals surface area contributed by atoms with E-state index in [1.807, 2.05) is 13.0 Å². The number of thioether (sulfide) groups is 1. The van der Waals surface area contributed by atoms with Crippen molar-refractivity contribution in [2.24, 2.45) is 10.7 Å². The average molecular weight is 443 g/mol. The smallest absolute Gasteiger partial charge is 0.382 e. The van der Waals surface area contributed by atoms with Gasteiger partial charge in [-0.25, -0.2) is 9.98 Å². The molecule has 0 aliphatic heterocycles. The predicted octanol–water partition coefficient (Wildman–Crippen LogP) is 6.19. The highest BCUT2D eigenvalue weighted by atomic mass is 32.2. The van der Waals surface area contributed by atoms with Crippen molar-refractivity contribution in [1.29, 1.82) is 0 Å². The van der Waals surface area contributed by atoms with Gasteiger partial charge in [0.05, 0.1) is 5.56 Å². The fourth-order valence-corrected chi connectivity index (χ4v) is 4.07. The fraction of sp³-hybridized carbons (Fsp3) is 0.261. The molecule has 3 aromatic rings. The molecule has 31 heavy (non-hydrogen) atoms. The highest BCUT2D eigenvalue weighted by molar-refractivity contribution is 7.99. The molecule has 4 rings (SSSR count). The van der Waals surface area contributed by atoms with Crippen molar-refractivity contribution >= 4 is 23.4 Å². The molecule has 1 aliphatic rings. The Morgan fingerprint density at radius 2 is 1.84 bits per heavy atom. The molecule has 1 aromatic carbocycles. The van der Waals surface area contributed by atoms with Crippen LogP contribution in [0.3, 0.4) is 0 Å². The van der Waals surface area contributed by atoms with Gasteiger partial charge in [0, 0.05) is 22.9 Å². The van der Waals surface area contributed by atoms with Gasteiger partial charge in [-0.05, 0) is 53.8 Å². The number of pyridine rings is 2. The zero-order valence-electron chi connectivity index (χ0n) is 16.9. The normalized spacial score (nSPS) is 14.6. The lowest BCUT2D eigenvalue weighted by atomic mass is 10.0. The van der Waals surface area contributed by atoms with Gasteiger partial charge in [-0.1, -0.05) is 31.2 Å². The zero-order chi connectivity index (χ0) is 22.0. The Hall–Kier alpha value is -2.87. The summed E-state index contributed by atoms with van der Waals surface area (Å²) in [6, 6.07) is 12.3. The van der Waals surface area contributed by atoms with Gasteiger partial charge in [0.2, 0.25) is 0 Å². The minimum absolute atomic E-state index is 0.0263. The van der Waals surface area contributed by atoms with E-state index in [-0.39, 0.29) is 11.7 Å². The Kier molecular flexibility index (Phi) is 6.00. The number of nitrogens with zero attached hydrogens (tertiary/aromatic N) is 3. The number of benzene rings is 1. The summed E-state index contributed by atoms with van der Waals surface area (Å²) in [5.41, 5.74) is 9.10. The van der Waals surface area contributed by atoms with Gasteiger partial charge in [0.25, 0.3) is 0 Å². The molecule has 0 spiro atoms. The molecule has 2 aromatic heterocycles. The predicted molar refractivity (Wildman–Crippen MR) is 118 cm³/mol. The van der Waals surface area contributed by atoms with Crippen molar-refractivity contribution in [1.82, 2.24) is 9.97 Å². The summed E-state index contributed by atoms with van der Waals surface area (Å²) in [6.45, 7) is 2.01. The molecule has 1 saturated carbocycles. The largest absolute Gasteiger partial charge is 0.416 e. The maximum absolute atomic E-state index is 12.9. The molecule has 0 atom stereocenters. The fourth-order valence-electron chi connectivity index (χ4n) is 3.26. The standard InChI is InChI=1S/C23H21F3N4S/c1-2-31-19-11-17(16-7-5-15(6-8-16)14-3-4-14)13-29-21(19)22(27)30-20-12-18(9-10-28-20)23(24,25)26/h5-14H,2-4H2,1H3,(H2,27,28,30). The Bertz CT molecular complexity index is 1110. The number of aliphatic imine (C=N–C) groups is 1. The summed E-state index contributed by atoms with van der Waals surface area (Å²) in [6.07, 6.45) is 0.820. The monoisotopic (exact) mass is 442 g/mol. The maximum atomic E-state index is 12.9. The molecule has 160 valence electrons. The van der Waals surface area contributed by atoms with Crippen molar-refractivity contribution in [3.05, 3.63) is 71.7 Å². The molecule has 4 nitrogen and oxygen atoms in total. The van der Waals surface area contributed by atoms with E-state index < -0.39 is 11.7 Å². The molecular formula is C23H21F3N4S. The summed E-state index contributed by atoms with van der Waals surface area (Å²) in [7, 11) is 0. The summed E-state index contributed by atoms with van der Waals surface area (Å²) in [4.78, 5) is 13.3. The Balaban J connectivity index is 1.65. The van der Waals surface area contributed by atoms with Crippen LogP contribution >= 0.6 is 11.8 Å². The molecule has 0 unspecified atom stereocenters. The Labute approximate surface area is 182 Å². The first-order valence-electron chi connectivity index (χ1n) is 9.96. The topological polar surface area (TPSA) is 64.2 Å². The maximum Gasteiger partial charge on any atom is 0.416 e. The van der Waals surface area contributed by atoms with Crippen molar-refractivity contribution in [3.63, 3.8) is 0 Å². The first-order chi connectivity index (χ1) is 14.8. The molecule has 1 fully saturated rings. The third-order valence-corrected chi connectivity index (χ3v) is 5.91. The van der Waals surface area contributed by atoms with E-state index in [2.05, 4.69) is 39.2 Å². The van der Waals surface area contributed by atoms with Crippen LogP contribution in [0.5, 0.6) is 0 Å². The van der Waals surface area contributed by atoms with Crippen LogP contribution < -0.4 is 5.73 Å². The number of aromatic nitrogens is 2. The molecule has 0 radical (unpaired) electrons. The van der Waals surface area contributed by atoms with Gasteiger partial charge in [-0.3, -0.25) is 4.98 Å². The lowest BCUT2D eigenvalue weighted by molar-refractivity contribution is -0.137. The summed E-state index contributed by atoms with van der Waals surface area (Å²) in [5, 5.41) is 0. The number of amidine groups is 1. The van der Waals surface area contributed by atoms with Crippen LogP contribution in [0.4, 0.5) is 19.0 Å². The average Bonchev–Trinajstić information content (AvgIpc) is 3.59. The van der Waals surface area contributed by atoms with Gasteiger partial charge < -0.3 is 5.73 Å². The first kappa shape index (κ1) is 21.4. The van der Waals surface area contributed by atoms with Crippen molar-refractivity contribution < 1.29 is 13.2 Å². The van der Waals surface area contributed by atoms with Crippen LogP contribution in [-0.4, -0.2) is 21.6 Å². The second kappa shape index (κ2) is 8.70. The quantitative estimate of drug-likeness (QED) is 0.281. The van der Waals surface area contributed by atoms with E-state index in [1.54, 1.807) is 18.0 Å². The second-order valence-electron chi connectivity index (χ2n) is 7.30. The van der Waals surface area contributed by atoms with Crippen molar-refractivity contribution in [2.75, 3.05) is 5.75 Å². The van der Waals surface area contributed by atoms with Crippen LogP contribution in [0, 0.1) is 0 Å². The second-order valence-corrected chi connectivity index (χ2v) is 8.60. The lowest BCUT2D eigenvalue weighted by Gasteiger charge is -2.11. The van der Waals surface area contributed by atoms with Gasteiger partial charge in [-0.15, -0.1) is 11.8 Å². The molecule has 0 saturated heterocycles. The number of alkyl halides is 3.